The summed E-state index contributed by atoms with van der Waals surface area (Å²) in [5.74, 6) is 0.486. The van der Waals surface area contributed by atoms with Crippen molar-refractivity contribution in [3.63, 3.8) is 0 Å². The second-order valence-corrected chi connectivity index (χ2v) is 9.45. The lowest BCUT2D eigenvalue weighted by molar-refractivity contribution is 0.0752. The summed E-state index contributed by atoms with van der Waals surface area (Å²) in [6.45, 7) is 8.82. The number of likely N-dealkylation sites (tertiary alicyclic amines) is 1. The van der Waals surface area contributed by atoms with Crippen LogP contribution in [0.5, 0.6) is 0 Å². The Morgan fingerprint density at radius 2 is 1.96 bits per heavy atom. The molecule has 1 saturated heterocycles. The molecule has 1 amide bonds. The number of benzene rings is 1. The number of nitrogens with one attached hydrogen (secondary N) is 1. The van der Waals surface area contributed by atoms with Crippen molar-refractivity contribution in [2.24, 2.45) is 11.8 Å². The fourth-order valence-electron chi connectivity index (χ4n) is 3.75. The van der Waals surface area contributed by atoms with Crippen molar-refractivity contribution < 1.29 is 17.6 Å². The van der Waals surface area contributed by atoms with E-state index in [9.17, 15) is 13.2 Å². The molecule has 1 fully saturated rings. The van der Waals surface area contributed by atoms with E-state index in [-0.39, 0.29) is 23.8 Å². The van der Waals surface area contributed by atoms with E-state index in [2.05, 4.69) is 4.72 Å². The number of aryl methyl sites for hydroxylation is 2. The molecule has 7 heteroatoms. The zero-order chi connectivity index (χ0) is 19.2. The predicted octanol–water partition coefficient (Wildman–Crippen LogP) is 2.70. The van der Waals surface area contributed by atoms with Crippen molar-refractivity contribution >= 4 is 26.9 Å². The van der Waals surface area contributed by atoms with E-state index in [0.717, 1.165) is 22.8 Å². The van der Waals surface area contributed by atoms with Gasteiger partial charge in [-0.05, 0) is 37.3 Å². The fourth-order valence-corrected chi connectivity index (χ4v) is 4.55. The largest absolute Gasteiger partial charge is 0.451 e. The lowest BCUT2D eigenvalue weighted by Crippen LogP contribution is -2.41. The van der Waals surface area contributed by atoms with Crippen LogP contribution in [0.15, 0.2) is 22.6 Å². The zero-order valence-electron chi connectivity index (χ0n) is 15.9. The van der Waals surface area contributed by atoms with Gasteiger partial charge in [0.15, 0.2) is 5.76 Å². The first kappa shape index (κ1) is 18.9. The Morgan fingerprint density at radius 3 is 2.58 bits per heavy atom. The molecular weight excluding hydrogens is 352 g/mol. The Balaban J connectivity index is 1.89. The van der Waals surface area contributed by atoms with Crippen molar-refractivity contribution in [3.05, 3.63) is 35.1 Å². The zero-order valence-corrected chi connectivity index (χ0v) is 16.7. The first-order chi connectivity index (χ1) is 12.1. The van der Waals surface area contributed by atoms with Crippen molar-refractivity contribution in [1.29, 1.82) is 0 Å². The van der Waals surface area contributed by atoms with E-state index in [1.807, 2.05) is 45.9 Å². The Bertz CT molecular complexity index is 946. The third-order valence-corrected chi connectivity index (χ3v) is 5.89. The summed E-state index contributed by atoms with van der Waals surface area (Å²) >= 11 is 0. The van der Waals surface area contributed by atoms with Crippen LogP contribution in [-0.4, -0.2) is 44.6 Å². The summed E-state index contributed by atoms with van der Waals surface area (Å²) < 4.78 is 31.9. The van der Waals surface area contributed by atoms with Crippen LogP contribution in [0.2, 0.25) is 0 Å². The summed E-state index contributed by atoms with van der Waals surface area (Å²) in [5, 5.41) is 0.935. The van der Waals surface area contributed by atoms with E-state index < -0.39 is 10.0 Å². The second kappa shape index (κ2) is 6.70. The number of furan rings is 1. The maximum Gasteiger partial charge on any atom is 0.289 e. The first-order valence-electron chi connectivity index (χ1n) is 8.83. The van der Waals surface area contributed by atoms with Crippen LogP contribution < -0.4 is 4.72 Å². The van der Waals surface area contributed by atoms with Crippen LogP contribution in [0.1, 0.15) is 35.5 Å². The molecule has 1 N–H and O–H groups in total. The van der Waals surface area contributed by atoms with Gasteiger partial charge in [0.05, 0.1) is 6.26 Å². The molecule has 0 radical (unpaired) electrons. The molecule has 3 rings (SSSR count). The molecule has 0 aliphatic carbocycles. The second-order valence-electron chi connectivity index (χ2n) is 7.67. The standard InChI is InChI=1S/C19H26N2O4S/c1-11(2)15-9-21(10-16(15)20-26(5,23)24)19(22)18-13(4)14-7-6-12(3)8-17(14)25-18/h6-8,11,15-16,20H,9-10H2,1-5H3/t15-,16+/m0/s1. The van der Waals surface area contributed by atoms with Crippen LogP contribution in [0.25, 0.3) is 11.0 Å². The summed E-state index contributed by atoms with van der Waals surface area (Å²) in [5.41, 5.74) is 2.60. The van der Waals surface area contributed by atoms with Crippen LogP contribution in [0, 0.1) is 25.7 Å². The summed E-state index contributed by atoms with van der Waals surface area (Å²) in [6.07, 6.45) is 1.15. The van der Waals surface area contributed by atoms with Gasteiger partial charge in [0.2, 0.25) is 10.0 Å². The first-order valence-corrected chi connectivity index (χ1v) is 10.7. The highest BCUT2D eigenvalue weighted by Crippen LogP contribution is 2.30. The van der Waals surface area contributed by atoms with E-state index in [4.69, 9.17) is 4.42 Å². The van der Waals surface area contributed by atoms with Gasteiger partial charge in [0.25, 0.3) is 5.91 Å². The highest BCUT2D eigenvalue weighted by Gasteiger charge is 2.39. The maximum absolute atomic E-state index is 13.1. The number of hydrogen-bond acceptors (Lipinski definition) is 4. The number of rotatable bonds is 4. The number of nitrogens with zero attached hydrogens (tertiary/aromatic N) is 1. The average Bonchev–Trinajstić information content (AvgIpc) is 3.06. The number of carbonyl (C=O) groups is 1. The third kappa shape index (κ3) is 3.64. The number of hydrogen-bond donors (Lipinski definition) is 1. The summed E-state index contributed by atoms with van der Waals surface area (Å²) in [6, 6.07) is 5.61. The molecule has 1 aliphatic heterocycles. The van der Waals surface area contributed by atoms with Crippen LogP contribution in [0.3, 0.4) is 0 Å². The quantitative estimate of drug-likeness (QED) is 0.887. The SMILES string of the molecule is Cc1ccc2c(C)c(C(=O)N3C[C@@H](NS(C)(=O)=O)[C@H](C(C)C)C3)oc2c1. The van der Waals surface area contributed by atoms with E-state index in [0.29, 0.717) is 24.4 Å². The Labute approximate surface area is 154 Å². The number of carbonyl (C=O) groups excluding carboxylic acids is 1. The smallest absolute Gasteiger partial charge is 0.289 e. The summed E-state index contributed by atoms with van der Waals surface area (Å²) in [4.78, 5) is 14.8. The van der Waals surface area contributed by atoms with Gasteiger partial charge in [-0.3, -0.25) is 4.79 Å². The number of fused-ring (bicyclic) bond motifs is 1. The minimum absolute atomic E-state index is 0.0700. The highest BCUT2D eigenvalue weighted by atomic mass is 32.2. The topological polar surface area (TPSA) is 79.6 Å². The normalized spacial score (nSPS) is 21.1. The lowest BCUT2D eigenvalue weighted by atomic mass is 9.92. The molecule has 1 aliphatic rings. The monoisotopic (exact) mass is 378 g/mol. The minimum Gasteiger partial charge on any atom is -0.451 e. The maximum atomic E-state index is 13.1. The Morgan fingerprint density at radius 1 is 1.27 bits per heavy atom. The van der Waals surface area contributed by atoms with Crippen molar-refractivity contribution in [1.82, 2.24) is 9.62 Å². The molecule has 1 aromatic heterocycles. The molecule has 0 saturated carbocycles. The van der Waals surface area contributed by atoms with Crippen LogP contribution >= 0.6 is 0 Å². The molecule has 26 heavy (non-hydrogen) atoms. The van der Waals surface area contributed by atoms with E-state index in [1.165, 1.54) is 0 Å². The Kier molecular flexibility index (Phi) is 4.88. The molecule has 2 atom stereocenters. The van der Waals surface area contributed by atoms with Gasteiger partial charge in [-0.25, -0.2) is 13.1 Å². The predicted molar refractivity (Wildman–Crippen MR) is 102 cm³/mol. The average molecular weight is 378 g/mol. The van der Waals surface area contributed by atoms with Crippen molar-refractivity contribution in [3.8, 4) is 0 Å². The Hall–Kier alpha value is -1.86. The summed E-state index contributed by atoms with van der Waals surface area (Å²) in [7, 11) is -3.33. The van der Waals surface area contributed by atoms with Crippen LogP contribution in [-0.2, 0) is 10.0 Å². The third-order valence-electron chi connectivity index (χ3n) is 5.16. The number of amides is 1. The van der Waals surface area contributed by atoms with Crippen molar-refractivity contribution in [2.45, 2.75) is 33.7 Å². The van der Waals surface area contributed by atoms with E-state index >= 15 is 0 Å². The molecule has 142 valence electrons. The van der Waals surface area contributed by atoms with Gasteiger partial charge >= 0.3 is 0 Å². The van der Waals surface area contributed by atoms with Crippen LogP contribution in [0.4, 0.5) is 0 Å². The molecule has 1 aromatic carbocycles. The van der Waals surface area contributed by atoms with Gasteiger partial charge < -0.3 is 9.32 Å². The molecular formula is C19H26N2O4S. The lowest BCUT2D eigenvalue weighted by Gasteiger charge is -2.21. The van der Waals surface area contributed by atoms with Gasteiger partial charge in [-0.1, -0.05) is 26.0 Å². The van der Waals surface area contributed by atoms with Gasteiger partial charge in [-0.2, -0.15) is 0 Å². The molecule has 0 spiro atoms. The van der Waals surface area contributed by atoms with Gasteiger partial charge in [-0.15, -0.1) is 0 Å². The van der Waals surface area contributed by atoms with Gasteiger partial charge in [0.1, 0.15) is 5.58 Å². The van der Waals surface area contributed by atoms with E-state index in [1.54, 1.807) is 4.90 Å². The number of sulfonamides is 1. The molecule has 0 unspecified atom stereocenters. The van der Waals surface area contributed by atoms with Gasteiger partial charge in [0, 0.05) is 30.1 Å². The fraction of sp³-hybridized carbons (Fsp3) is 0.526. The minimum atomic E-state index is -3.33. The molecule has 2 aromatic rings. The molecule has 6 nitrogen and oxygen atoms in total. The molecule has 2 heterocycles. The molecule has 0 bridgehead atoms. The highest BCUT2D eigenvalue weighted by molar-refractivity contribution is 7.88. The van der Waals surface area contributed by atoms with Crippen molar-refractivity contribution in [2.75, 3.05) is 19.3 Å².